The summed E-state index contributed by atoms with van der Waals surface area (Å²) in [6, 6.07) is 2.17. The molecule has 1 aliphatic heterocycles. The summed E-state index contributed by atoms with van der Waals surface area (Å²) in [6.07, 6.45) is 1.55. The maximum absolute atomic E-state index is 13.8. The third kappa shape index (κ3) is 3.83. The van der Waals surface area contributed by atoms with Gasteiger partial charge in [0.25, 0.3) is 0 Å². The Hall–Kier alpha value is -0.870. The average Bonchev–Trinajstić information content (AvgIpc) is 2.85. The molecule has 20 heavy (non-hydrogen) atoms. The summed E-state index contributed by atoms with van der Waals surface area (Å²) < 4.78 is 33.3. The molecule has 5 heteroatoms. The fourth-order valence-electron chi connectivity index (χ4n) is 2.59. The van der Waals surface area contributed by atoms with Gasteiger partial charge in [-0.05, 0) is 37.4 Å². The molecule has 1 saturated heterocycles. The van der Waals surface area contributed by atoms with Gasteiger partial charge in [-0.25, -0.2) is 8.78 Å². The maximum Gasteiger partial charge on any atom is 0.191 e. The second kappa shape index (κ2) is 6.72. The first-order valence-corrected chi connectivity index (χ1v) is 7.37. The maximum atomic E-state index is 13.8. The van der Waals surface area contributed by atoms with Crippen LogP contribution in [-0.4, -0.2) is 19.2 Å². The summed E-state index contributed by atoms with van der Waals surface area (Å²) in [6.45, 7) is 5.91. The minimum Gasteiger partial charge on any atom is -0.484 e. The smallest absolute Gasteiger partial charge is 0.191 e. The van der Waals surface area contributed by atoms with Crippen LogP contribution in [0.2, 0.25) is 5.02 Å². The van der Waals surface area contributed by atoms with Crippen molar-refractivity contribution >= 4 is 11.6 Å². The monoisotopic (exact) mass is 303 g/mol. The zero-order valence-electron chi connectivity index (χ0n) is 11.8. The van der Waals surface area contributed by atoms with E-state index < -0.39 is 11.6 Å². The number of nitrogens with one attached hydrogen (secondary N) is 1. The molecule has 0 saturated carbocycles. The van der Waals surface area contributed by atoms with Crippen molar-refractivity contribution in [2.75, 3.05) is 13.1 Å². The first-order valence-electron chi connectivity index (χ1n) is 6.99. The highest BCUT2D eigenvalue weighted by molar-refractivity contribution is 6.30. The molecule has 1 aromatic carbocycles. The third-order valence-electron chi connectivity index (χ3n) is 3.56. The van der Waals surface area contributed by atoms with E-state index in [9.17, 15) is 8.78 Å². The minimum absolute atomic E-state index is 0.0373. The topological polar surface area (TPSA) is 21.3 Å². The number of hydrogen-bond acceptors (Lipinski definition) is 2. The second-order valence-electron chi connectivity index (χ2n) is 5.74. The molecule has 1 aromatic rings. The quantitative estimate of drug-likeness (QED) is 0.887. The Morgan fingerprint density at radius 2 is 2.00 bits per heavy atom. The lowest BCUT2D eigenvalue weighted by molar-refractivity contribution is 0.109. The summed E-state index contributed by atoms with van der Waals surface area (Å²) in [4.78, 5) is 0. The zero-order chi connectivity index (χ0) is 14.7. The van der Waals surface area contributed by atoms with Crippen molar-refractivity contribution in [3.05, 3.63) is 28.8 Å². The second-order valence-corrected chi connectivity index (χ2v) is 6.17. The lowest BCUT2D eigenvalue weighted by Gasteiger charge is -2.26. The van der Waals surface area contributed by atoms with Gasteiger partial charge in [0.2, 0.25) is 0 Å². The normalized spacial score (nSPS) is 20.4. The molecule has 2 nitrogen and oxygen atoms in total. The fourth-order valence-corrected chi connectivity index (χ4v) is 2.78. The van der Waals surface area contributed by atoms with Gasteiger partial charge in [-0.3, -0.25) is 0 Å². The first kappa shape index (κ1) is 15.5. The predicted molar refractivity (Wildman–Crippen MR) is 76.2 cm³/mol. The standard InChI is InChI=1S/C15H20ClF2NO/c1-9(2)5-14(10-3-4-19-8-10)20-15-12(17)6-11(16)7-13(15)18/h6-7,9-10,14,19H,3-5,8H2,1-2H3/t10?,14-/m0/s1. The van der Waals surface area contributed by atoms with Crippen molar-refractivity contribution < 1.29 is 13.5 Å². The molecule has 0 aliphatic carbocycles. The van der Waals surface area contributed by atoms with Crippen LogP contribution in [0.3, 0.4) is 0 Å². The van der Waals surface area contributed by atoms with E-state index in [0.29, 0.717) is 5.92 Å². The Bertz CT molecular complexity index is 438. The molecule has 0 bridgehead atoms. The van der Waals surface area contributed by atoms with Crippen LogP contribution in [-0.2, 0) is 0 Å². The molecule has 1 N–H and O–H groups in total. The molecule has 112 valence electrons. The molecule has 0 aromatic heterocycles. The Morgan fingerprint density at radius 3 is 2.50 bits per heavy atom. The van der Waals surface area contributed by atoms with E-state index >= 15 is 0 Å². The number of ether oxygens (including phenoxy) is 1. The third-order valence-corrected chi connectivity index (χ3v) is 3.78. The predicted octanol–water partition coefficient (Wildman–Crippen LogP) is 4.02. The van der Waals surface area contributed by atoms with Gasteiger partial charge in [0.05, 0.1) is 0 Å². The van der Waals surface area contributed by atoms with Crippen molar-refractivity contribution in [3.8, 4) is 5.75 Å². The minimum atomic E-state index is -0.741. The van der Waals surface area contributed by atoms with E-state index in [1.807, 2.05) is 0 Å². The lowest BCUT2D eigenvalue weighted by atomic mass is 9.93. The zero-order valence-corrected chi connectivity index (χ0v) is 12.5. The molecule has 1 fully saturated rings. The summed E-state index contributed by atoms with van der Waals surface area (Å²) in [5.41, 5.74) is 0. The first-order chi connectivity index (χ1) is 9.47. The van der Waals surface area contributed by atoms with Crippen molar-refractivity contribution in [1.29, 1.82) is 0 Å². The van der Waals surface area contributed by atoms with Gasteiger partial charge in [0.15, 0.2) is 17.4 Å². The van der Waals surface area contributed by atoms with Crippen LogP contribution in [0, 0.1) is 23.5 Å². The highest BCUT2D eigenvalue weighted by Crippen LogP contribution is 2.30. The van der Waals surface area contributed by atoms with Crippen LogP contribution in [0.4, 0.5) is 8.78 Å². The number of benzene rings is 1. The summed E-state index contributed by atoms with van der Waals surface area (Å²) in [5.74, 6) is -1.11. The highest BCUT2D eigenvalue weighted by Gasteiger charge is 2.29. The van der Waals surface area contributed by atoms with Gasteiger partial charge in [-0.1, -0.05) is 25.4 Å². The Kier molecular flexibility index (Phi) is 5.22. The van der Waals surface area contributed by atoms with E-state index in [4.69, 9.17) is 16.3 Å². The van der Waals surface area contributed by atoms with E-state index in [2.05, 4.69) is 19.2 Å². The van der Waals surface area contributed by atoms with Crippen molar-refractivity contribution in [2.45, 2.75) is 32.8 Å². The fraction of sp³-hybridized carbons (Fsp3) is 0.600. The van der Waals surface area contributed by atoms with Crippen LogP contribution >= 0.6 is 11.6 Å². The van der Waals surface area contributed by atoms with Gasteiger partial charge >= 0.3 is 0 Å². The Balaban J connectivity index is 2.18. The van der Waals surface area contributed by atoms with E-state index in [0.717, 1.165) is 38.1 Å². The van der Waals surface area contributed by atoms with Crippen LogP contribution < -0.4 is 10.1 Å². The van der Waals surface area contributed by atoms with Crippen LogP contribution in [0.25, 0.3) is 0 Å². The summed E-state index contributed by atoms with van der Waals surface area (Å²) in [5, 5.41) is 3.30. The van der Waals surface area contributed by atoms with Crippen molar-refractivity contribution in [1.82, 2.24) is 5.32 Å². The van der Waals surface area contributed by atoms with E-state index in [1.54, 1.807) is 0 Å². The molecule has 1 unspecified atom stereocenters. The highest BCUT2D eigenvalue weighted by atomic mass is 35.5. The average molecular weight is 304 g/mol. The van der Waals surface area contributed by atoms with Gasteiger partial charge in [-0.15, -0.1) is 0 Å². The van der Waals surface area contributed by atoms with E-state index in [-0.39, 0.29) is 22.8 Å². The molecule has 0 radical (unpaired) electrons. The number of rotatable bonds is 5. The molecule has 1 aliphatic rings. The number of hydrogen-bond donors (Lipinski definition) is 1. The number of halogens is 3. The largest absolute Gasteiger partial charge is 0.484 e. The molecular formula is C15H20ClF2NO. The molecule has 2 rings (SSSR count). The molecule has 2 atom stereocenters. The molecule has 1 heterocycles. The van der Waals surface area contributed by atoms with Crippen LogP contribution in [0.5, 0.6) is 5.75 Å². The molecular weight excluding hydrogens is 284 g/mol. The molecule has 0 spiro atoms. The van der Waals surface area contributed by atoms with Crippen LogP contribution in [0.1, 0.15) is 26.7 Å². The van der Waals surface area contributed by atoms with Gasteiger partial charge in [0.1, 0.15) is 6.10 Å². The van der Waals surface area contributed by atoms with Crippen molar-refractivity contribution in [3.63, 3.8) is 0 Å². The summed E-state index contributed by atoms with van der Waals surface area (Å²) in [7, 11) is 0. The van der Waals surface area contributed by atoms with Crippen LogP contribution in [0.15, 0.2) is 12.1 Å². The van der Waals surface area contributed by atoms with E-state index in [1.165, 1.54) is 0 Å². The SMILES string of the molecule is CC(C)C[C@H](Oc1c(F)cc(Cl)cc1F)C1CCNC1. The molecule has 0 amide bonds. The summed E-state index contributed by atoms with van der Waals surface area (Å²) >= 11 is 5.62. The van der Waals surface area contributed by atoms with Crippen molar-refractivity contribution in [2.24, 2.45) is 11.8 Å². The van der Waals surface area contributed by atoms with Gasteiger partial charge < -0.3 is 10.1 Å². The Morgan fingerprint density at radius 1 is 1.35 bits per heavy atom. The van der Waals surface area contributed by atoms with Gasteiger partial charge in [0, 0.05) is 17.5 Å². The van der Waals surface area contributed by atoms with Gasteiger partial charge in [-0.2, -0.15) is 0 Å². The Labute approximate surface area is 123 Å². The lowest BCUT2D eigenvalue weighted by Crippen LogP contribution is -2.31.